The molecule has 20 heavy (non-hydrogen) atoms. The zero-order valence-corrected chi connectivity index (χ0v) is 14.0. The highest BCUT2D eigenvalue weighted by molar-refractivity contribution is 6.33. The average Bonchev–Trinajstić information content (AvgIpc) is 2.62. The van der Waals surface area contributed by atoms with Crippen LogP contribution < -0.4 is 0 Å². The van der Waals surface area contributed by atoms with E-state index >= 15 is 0 Å². The minimum Gasteiger partial charge on any atom is -0.345 e. The number of carbonyl (C=O) groups is 1. The van der Waals surface area contributed by atoms with Crippen molar-refractivity contribution in [2.45, 2.75) is 65.3 Å². The molecule has 0 saturated heterocycles. The molecule has 3 atom stereocenters. The number of Topliss-reactive ketones (excluding diaryl/α,β-unsaturated/α-hetero) is 1. The van der Waals surface area contributed by atoms with E-state index in [0.717, 1.165) is 23.1 Å². The molecule has 3 heteroatoms. The summed E-state index contributed by atoms with van der Waals surface area (Å²) >= 11 is 5.97. The van der Waals surface area contributed by atoms with Gasteiger partial charge in [0, 0.05) is 23.0 Å². The number of hydrogen-bond acceptors (Lipinski definition) is 1. The van der Waals surface area contributed by atoms with Crippen molar-refractivity contribution in [2.24, 2.45) is 11.8 Å². The van der Waals surface area contributed by atoms with Crippen LogP contribution in [0.2, 0.25) is 0 Å². The maximum Gasteiger partial charge on any atom is 0.182 e. The summed E-state index contributed by atoms with van der Waals surface area (Å²) in [7, 11) is 0. The van der Waals surface area contributed by atoms with Gasteiger partial charge in [-0.2, -0.15) is 0 Å². The first-order valence-corrected chi connectivity index (χ1v) is 8.11. The Labute approximate surface area is 127 Å². The molecule has 1 saturated carbocycles. The molecule has 0 amide bonds. The van der Waals surface area contributed by atoms with Crippen LogP contribution in [0.5, 0.6) is 0 Å². The van der Waals surface area contributed by atoms with E-state index in [-0.39, 0.29) is 5.78 Å². The predicted octanol–water partition coefficient (Wildman–Crippen LogP) is 4.91. The van der Waals surface area contributed by atoms with Gasteiger partial charge in [0.1, 0.15) is 0 Å². The third-order valence-electron chi connectivity index (χ3n) is 4.63. The Bertz CT molecular complexity index is 493. The van der Waals surface area contributed by atoms with E-state index in [0.29, 0.717) is 6.04 Å². The molecule has 1 aliphatic rings. The number of hydrogen-bond donors (Lipinski definition) is 0. The van der Waals surface area contributed by atoms with Crippen LogP contribution in [0.3, 0.4) is 0 Å². The Hall–Kier alpha value is -0.760. The summed E-state index contributed by atoms with van der Waals surface area (Å²) in [5.74, 6) is 1.56. The van der Waals surface area contributed by atoms with Crippen molar-refractivity contribution in [1.29, 1.82) is 0 Å². The van der Waals surface area contributed by atoms with Crippen LogP contribution in [0.15, 0.2) is 6.07 Å². The summed E-state index contributed by atoms with van der Waals surface area (Å²) in [6, 6.07) is 2.54. The molecule has 1 aromatic heterocycles. The van der Waals surface area contributed by atoms with E-state index in [9.17, 15) is 4.79 Å². The predicted molar refractivity (Wildman–Crippen MR) is 84.8 cm³/mol. The van der Waals surface area contributed by atoms with Gasteiger partial charge in [-0.25, -0.2) is 0 Å². The van der Waals surface area contributed by atoms with Gasteiger partial charge in [-0.15, -0.1) is 11.6 Å². The Kier molecular flexibility index (Phi) is 4.63. The van der Waals surface area contributed by atoms with E-state index in [1.807, 2.05) is 6.07 Å². The van der Waals surface area contributed by atoms with Crippen LogP contribution in [-0.4, -0.2) is 15.7 Å². The van der Waals surface area contributed by atoms with E-state index in [1.54, 1.807) is 6.92 Å². The summed E-state index contributed by atoms with van der Waals surface area (Å²) < 4.78 is 2.37. The van der Waals surface area contributed by atoms with Gasteiger partial charge in [-0.1, -0.05) is 13.8 Å². The Morgan fingerprint density at radius 2 is 1.80 bits per heavy atom. The lowest BCUT2D eigenvalue weighted by molar-refractivity contribution is 0.0991. The standard InChI is InChI=1S/C17H26ClNO/c1-10-6-11(2)8-15(7-10)19-12(3)9-16(14(19)5)17(20)13(4)18/h9-11,13,15H,6-8H2,1-5H3. The fourth-order valence-corrected chi connectivity index (χ4v) is 4.04. The lowest BCUT2D eigenvalue weighted by Crippen LogP contribution is -2.24. The third-order valence-corrected chi connectivity index (χ3v) is 4.83. The molecule has 2 rings (SSSR count). The van der Waals surface area contributed by atoms with Gasteiger partial charge in [0.2, 0.25) is 0 Å². The van der Waals surface area contributed by atoms with Crippen LogP contribution in [0, 0.1) is 25.7 Å². The van der Waals surface area contributed by atoms with Gasteiger partial charge in [-0.3, -0.25) is 4.79 Å². The maximum absolute atomic E-state index is 12.2. The van der Waals surface area contributed by atoms with Crippen molar-refractivity contribution in [1.82, 2.24) is 4.57 Å². The van der Waals surface area contributed by atoms with Crippen molar-refractivity contribution >= 4 is 17.4 Å². The number of nitrogens with zero attached hydrogens (tertiary/aromatic N) is 1. The molecule has 1 aliphatic carbocycles. The molecule has 0 N–H and O–H groups in total. The van der Waals surface area contributed by atoms with Crippen molar-refractivity contribution in [3.05, 3.63) is 23.0 Å². The molecule has 2 nitrogen and oxygen atoms in total. The summed E-state index contributed by atoms with van der Waals surface area (Å²) in [5, 5.41) is -0.451. The van der Waals surface area contributed by atoms with E-state index in [2.05, 4.69) is 32.3 Å². The molecule has 0 bridgehead atoms. The molecule has 0 radical (unpaired) electrons. The highest BCUT2D eigenvalue weighted by atomic mass is 35.5. The summed E-state index contributed by atoms with van der Waals surface area (Å²) in [5.41, 5.74) is 3.08. The van der Waals surface area contributed by atoms with Crippen LogP contribution in [0.4, 0.5) is 0 Å². The Morgan fingerprint density at radius 3 is 2.30 bits per heavy atom. The van der Waals surface area contributed by atoms with E-state index in [4.69, 9.17) is 11.6 Å². The van der Waals surface area contributed by atoms with Gasteiger partial charge in [0.25, 0.3) is 0 Å². The molecule has 0 aliphatic heterocycles. The van der Waals surface area contributed by atoms with Gasteiger partial charge in [0.15, 0.2) is 5.78 Å². The van der Waals surface area contributed by atoms with Crippen LogP contribution in [0.25, 0.3) is 0 Å². The quantitative estimate of drug-likeness (QED) is 0.573. The lowest BCUT2D eigenvalue weighted by Gasteiger charge is -2.34. The number of rotatable bonds is 3. The SMILES string of the molecule is Cc1cc(C(=O)C(C)Cl)c(C)n1C1CC(C)CC(C)C1. The molecule has 0 spiro atoms. The topological polar surface area (TPSA) is 22.0 Å². The van der Waals surface area contributed by atoms with Gasteiger partial charge in [0.05, 0.1) is 5.38 Å². The molecule has 1 heterocycles. The molecule has 112 valence electrons. The van der Waals surface area contributed by atoms with E-state index < -0.39 is 5.38 Å². The Morgan fingerprint density at radius 1 is 1.25 bits per heavy atom. The average molecular weight is 296 g/mol. The fraction of sp³-hybridized carbons (Fsp3) is 0.706. The first kappa shape index (κ1) is 15.6. The number of aromatic nitrogens is 1. The largest absolute Gasteiger partial charge is 0.345 e. The monoisotopic (exact) mass is 295 g/mol. The van der Waals surface area contributed by atoms with Crippen LogP contribution in [0.1, 0.15) is 67.8 Å². The fourth-order valence-electron chi connectivity index (χ4n) is 3.92. The lowest BCUT2D eigenvalue weighted by atomic mass is 9.80. The van der Waals surface area contributed by atoms with Gasteiger partial charge in [-0.05, 0) is 57.9 Å². The third kappa shape index (κ3) is 2.95. The highest BCUT2D eigenvalue weighted by Crippen LogP contribution is 2.38. The van der Waals surface area contributed by atoms with Crippen LogP contribution in [-0.2, 0) is 0 Å². The maximum atomic E-state index is 12.2. The first-order chi connectivity index (χ1) is 9.31. The van der Waals surface area contributed by atoms with Crippen molar-refractivity contribution in [2.75, 3.05) is 0 Å². The number of alkyl halides is 1. The zero-order valence-electron chi connectivity index (χ0n) is 13.2. The van der Waals surface area contributed by atoms with Crippen molar-refractivity contribution in [3.8, 4) is 0 Å². The van der Waals surface area contributed by atoms with Crippen molar-refractivity contribution < 1.29 is 4.79 Å². The second kappa shape index (κ2) is 5.93. The van der Waals surface area contributed by atoms with Crippen LogP contribution >= 0.6 is 11.6 Å². The number of ketones is 1. The summed E-state index contributed by atoms with van der Waals surface area (Å²) in [4.78, 5) is 12.2. The second-order valence-corrected chi connectivity index (χ2v) is 7.36. The number of halogens is 1. The first-order valence-electron chi connectivity index (χ1n) is 7.68. The minimum absolute atomic E-state index is 0.0444. The summed E-state index contributed by atoms with van der Waals surface area (Å²) in [6.45, 7) is 10.6. The normalized spacial score (nSPS) is 28.4. The van der Waals surface area contributed by atoms with E-state index in [1.165, 1.54) is 25.0 Å². The van der Waals surface area contributed by atoms with Gasteiger partial charge < -0.3 is 4.57 Å². The summed E-state index contributed by atoms with van der Waals surface area (Å²) in [6.07, 6.45) is 3.75. The smallest absolute Gasteiger partial charge is 0.182 e. The number of aryl methyl sites for hydroxylation is 1. The van der Waals surface area contributed by atoms with Crippen molar-refractivity contribution in [3.63, 3.8) is 0 Å². The van der Waals surface area contributed by atoms with Gasteiger partial charge >= 0.3 is 0 Å². The molecular weight excluding hydrogens is 270 g/mol. The molecule has 1 aromatic rings. The highest BCUT2D eigenvalue weighted by Gasteiger charge is 2.28. The molecule has 3 unspecified atom stereocenters. The zero-order chi connectivity index (χ0) is 15.0. The molecular formula is C17H26ClNO. The minimum atomic E-state index is -0.451. The molecule has 1 fully saturated rings. The molecule has 0 aromatic carbocycles. The Balaban J connectivity index is 2.35. The number of carbonyl (C=O) groups excluding carboxylic acids is 1. The second-order valence-electron chi connectivity index (χ2n) is 6.71.